The lowest BCUT2D eigenvalue weighted by Crippen LogP contribution is -2.36. The van der Waals surface area contributed by atoms with Gasteiger partial charge in [-0.1, -0.05) is 19.1 Å². The quantitative estimate of drug-likeness (QED) is 0.776. The van der Waals surface area contributed by atoms with Crippen molar-refractivity contribution in [3.63, 3.8) is 0 Å². The van der Waals surface area contributed by atoms with Gasteiger partial charge in [-0.3, -0.25) is 9.88 Å². The number of carbonyl (C=O) groups excluding carboxylic acids is 1. The molecule has 7 heteroatoms. The predicted molar refractivity (Wildman–Crippen MR) is 75.2 cm³/mol. The maximum Gasteiger partial charge on any atom is 0.153 e. The zero-order valence-electron chi connectivity index (χ0n) is 11.1. The number of hydrogen-bond acceptors (Lipinski definition) is 4. The van der Waals surface area contributed by atoms with Gasteiger partial charge in [-0.15, -0.1) is 5.10 Å². The van der Waals surface area contributed by atoms with E-state index in [9.17, 15) is 4.79 Å². The topological polar surface area (TPSA) is 59.8 Å². The molecule has 1 aromatic heterocycles. The lowest BCUT2D eigenvalue weighted by atomic mass is 9.99. The van der Waals surface area contributed by atoms with E-state index >= 15 is 0 Å². The Labute approximate surface area is 114 Å². The van der Waals surface area contributed by atoms with E-state index in [-0.39, 0.29) is 23.8 Å². The summed E-state index contributed by atoms with van der Waals surface area (Å²) < 4.78 is 1.79. The van der Waals surface area contributed by atoms with Crippen LogP contribution >= 0.6 is 7.51 Å². The van der Waals surface area contributed by atoms with Crippen LogP contribution in [0.1, 0.15) is 39.4 Å². The van der Waals surface area contributed by atoms with Gasteiger partial charge in [-0.2, -0.15) is 0 Å². The smallest absolute Gasteiger partial charge is 0.153 e. The average Bonchev–Trinajstić information content (AvgIpc) is 2.76. The van der Waals surface area contributed by atoms with Gasteiger partial charge in [0.1, 0.15) is 0 Å². The van der Waals surface area contributed by atoms with Crippen LogP contribution < -0.4 is 5.09 Å². The molecule has 18 heavy (non-hydrogen) atoms. The van der Waals surface area contributed by atoms with Crippen molar-refractivity contribution in [2.75, 3.05) is 0 Å². The second kappa shape index (κ2) is 7.02. The van der Waals surface area contributed by atoms with Crippen LogP contribution in [0.25, 0.3) is 0 Å². The minimum absolute atomic E-state index is 0.0145. The van der Waals surface area contributed by atoms with Crippen LogP contribution in [-0.4, -0.2) is 26.8 Å². The number of carbonyl (C=O) groups is 1. The Kier molecular flexibility index (Phi) is 5.99. The van der Waals surface area contributed by atoms with Crippen LogP contribution in [0.15, 0.2) is 6.20 Å². The molecule has 0 aliphatic heterocycles. The van der Waals surface area contributed by atoms with E-state index in [2.05, 4.69) is 15.4 Å². The Bertz CT molecular complexity index is 419. The van der Waals surface area contributed by atoms with Gasteiger partial charge < -0.3 is 0 Å². The van der Waals surface area contributed by atoms with Gasteiger partial charge in [0.05, 0.1) is 19.2 Å². The van der Waals surface area contributed by atoms with Crippen molar-refractivity contribution in [2.24, 2.45) is 5.92 Å². The molecule has 0 bridgehead atoms. The molecular formula is C11H19N4OPS. The summed E-state index contributed by atoms with van der Waals surface area (Å²) in [6, 6.07) is -0.00276. The monoisotopic (exact) mass is 286 g/mol. The number of aromatic nitrogens is 3. The molecule has 0 aliphatic rings. The number of nitrogens with zero attached hydrogens (tertiary/aromatic N) is 3. The van der Waals surface area contributed by atoms with Gasteiger partial charge in [0.25, 0.3) is 0 Å². The van der Waals surface area contributed by atoms with Crippen molar-refractivity contribution in [3.05, 3.63) is 11.9 Å². The molecule has 1 atom stereocenters. The molecule has 1 rings (SSSR count). The van der Waals surface area contributed by atoms with Crippen LogP contribution in [0.3, 0.4) is 0 Å². The Morgan fingerprint density at radius 3 is 2.61 bits per heavy atom. The van der Waals surface area contributed by atoms with E-state index in [1.165, 1.54) is 0 Å². The second-order valence-electron chi connectivity index (χ2n) is 4.82. The van der Waals surface area contributed by atoms with Crippen LogP contribution in [0.5, 0.6) is 0 Å². The highest BCUT2D eigenvalue weighted by molar-refractivity contribution is 7.95. The largest absolute Gasteiger partial charge is 0.298 e. The van der Waals surface area contributed by atoms with E-state index < -0.39 is 0 Å². The highest BCUT2D eigenvalue weighted by Gasteiger charge is 2.22. The van der Waals surface area contributed by atoms with Gasteiger partial charge >= 0.3 is 0 Å². The molecule has 0 spiro atoms. The summed E-state index contributed by atoms with van der Waals surface area (Å²) in [5.74, 6) is 0.144. The maximum atomic E-state index is 12.0. The molecular weight excluding hydrogens is 267 g/mol. The van der Waals surface area contributed by atoms with Gasteiger partial charge in [-0.25, -0.2) is 4.68 Å². The maximum absolute atomic E-state index is 12.0. The molecule has 1 unspecified atom stereocenters. The van der Waals surface area contributed by atoms with Gasteiger partial charge in [0, 0.05) is 24.6 Å². The second-order valence-corrected chi connectivity index (χ2v) is 5.81. The molecule has 0 radical (unpaired) electrons. The molecule has 1 aromatic rings. The lowest BCUT2D eigenvalue weighted by molar-refractivity contribution is -0.123. The molecule has 0 amide bonds. The van der Waals surface area contributed by atoms with E-state index in [1.807, 2.05) is 33.9 Å². The van der Waals surface area contributed by atoms with Crippen molar-refractivity contribution in [1.82, 2.24) is 20.1 Å². The minimum Gasteiger partial charge on any atom is -0.298 e. The predicted octanol–water partition coefficient (Wildman–Crippen LogP) is 1.91. The highest BCUT2D eigenvalue weighted by atomic mass is 32.4. The molecule has 0 aliphatic carbocycles. The first-order valence-electron chi connectivity index (χ1n) is 5.98. The number of ketones is 1. The SMILES string of the molecule is CC(C)C(=O)C(Cc1cn(C(C)C)nn1)NP=S. The summed E-state index contributed by atoms with van der Waals surface area (Å²) in [6.45, 7) is 7.86. The fourth-order valence-electron chi connectivity index (χ4n) is 1.54. The minimum atomic E-state index is -0.276. The fourth-order valence-corrected chi connectivity index (χ4v) is 2.27. The van der Waals surface area contributed by atoms with E-state index in [4.69, 9.17) is 11.8 Å². The summed E-state index contributed by atoms with van der Waals surface area (Å²) in [5.41, 5.74) is 0.814. The number of rotatable bonds is 7. The van der Waals surface area contributed by atoms with Crippen LogP contribution in [0.2, 0.25) is 0 Å². The Balaban J connectivity index is 2.76. The third kappa shape index (κ3) is 4.19. The van der Waals surface area contributed by atoms with Crippen molar-refractivity contribution in [2.45, 2.75) is 46.2 Å². The van der Waals surface area contributed by atoms with Crippen LogP contribution in [0, 0.1) is 5.92 Å². The molecule has 0 aromatic carbocycles. The Hall–Kier alpha value is -0.710. The van der Waals surface area contributed by atoms with Crippen molar-refractivity contribution < 1.29 is 4.79 Å². The average molecular weight is 286 g/mol. The summed E-state index contributed by atoms with van der Waals surface area (Å²) in [7, 11) is 0.590. The summed E-state index contributed by atoms with van der Waals surface area (Å²) in [6.07, 6.45) is 2.42. The first-order valence-corrected chi connectivity index (χ1v) is 7.88. The molecule has 0 saturated carbocycles. The van der Waals surface area contributed by atoms with Crippen molar-refractivity contribution in [3.8, 4) is 0 Å². The standard InChI is InChI=1S/C11H19N4OPS/c1-7(2)11(16)10(13-17-18)5-9-6-15(8(3)4)14-12-9/h6-8,10H,5H2,1-4H3,(H,13,18). The molecule has 0 saturated heterocycles. The fraction of sp³-hybridized carbons (Fsp3) is 0.727. The van der Waals surface area contributed by atoms with E-state index in [0.717, 1.165) is 5.69 Å². The normalized spacial score (nSPS) is 13.4. The first kappa shape index (κ1) is 15.3. The Morgan fingerprint density at radius 2 is 2.17 bits per heavy atom. The van der Waals surface area contributed by atoms with Crippen LogP contribution in [-0.2, 0) is 23.0 Å². The highest BCUT2D eigenvalue weighted by Crippen LogP contribution is 2.10. The van der Waals surface area contributed by atoms with Crippen molar-refractivity contribution in [1.29, 1.82) is 0 Å². The van der Waals surface area contributed by atoms with Gasteiger partial charge in [0.15, 0.2) is 5.78 Å². The third-order valence-electron chi connectivity index (χ3n) is 2.62. The van der Waals surface area contributed by atoms with Gasteiger partial charge in [-0.05, 0) is 25.7 Å². The Morgan fingerprint density at radius 1 is 1.50 bits per heavy atom. The zero-order valence-corrected chi connectivity index (χ0v) is 12.8. The first-order chi connectivity index (χ1) is 8.45. The third-order valence-corrected chi connectivity index (χ3v) is 3.35. The number of hydrogen-bond donors (Lipinski definition) is 1. The van der Waals surface area contributed by atoms with Gasteiger partial charge in [0.2, 0.25) is 0 Å². The lowest BCUT2D eigenvalue weighted by Gasteiger charge is -2.15. The van der Waals surface area contributed by atoms with Crippen LogP contribution in [0.4, 0.5) is 0 Å². The van der Waals surface area contributed by atoms with E-state index in [1.54, 1.807) is 4.68 Å². The summed E-state index contributed by atoms with van der Waals surface area (Å²) >= 11 is 4.86. The molecule has 0 fully saturated rings. The summed E-state index contributed by atoms with van der Waals surface area (Å²) in [4.78, 5) is 12.0. The molecule has 1 heterocycles. The molecule has 100 valence electrons. The number of Topliss-reactive ketones (excluding diaryl/α,β-unsaturated/α-hetero) is 1. The van der Waals surface area contributed by atoms with Crippen molar-refractivity contribution >= 4 is 25.1 Å². The zero-order chi connectivity index (χ0) is 13.7. The summed E-state index contributed by atoms with van der Waals surface area (Å²) in [5, 5.41) is 11.1. The molecule has 5 nitrogen and oxygen atoms in total. The number of nitrogens with one attached hydrogen (secondary N) is 1. The molecule has 1 N–H and O–H groups in total. The van der Waals surface area contributed by atoms with E-state index in [0.29, 0.717) is 13.9 Å².